The van der Waals surface area contributed by atoms with Gasteiger partial charge >= 0.3 is 0 Å². The summed E-state index contributed by atoms with van der Waals surface area (Å²) in [4.78, 5) is 12.1. The summed E-state index contributed by atoms with van der Waals surface area (Å²) in [5.41, 5.74) is 7.98. The van der Waals surface area contributed by atoms with Crippen molar-refractivity contribution in [3.05, 3.63) is 36.4 Å². The van der Waals surface area contributed by atoms with Gasteiger partial charge < -0.3 is 11.1 Å². The molecule has 4 heterocycles. The van der Waals surface area contributed by atoms with E-state index in [2.05, 4.69) is 20.6 Å². The van der Waals surface area contributed by atoms with Crippen molar-refractivity contribution in [2.45, 2.75) is 13.0 Å². The van der Waals surface area contributed by atoms with Crippen molar-refractivity contribution in [3.8, 4) is 11.1 Å². The second-order valence-corrected chi connectivity index (χ2v) is 8.94. The van der Waals surface area contributed by atoms with Gasteiger partial charge in [-0.1, -0.05) is 6.92 Å². The Morgan fingerprint density at radius 1 is 1.32 bits per heavy atom. The van der Waals surface area contributed by atoms with Crippen molar-refractivity contribution in [2.75, 3.05) is 23.7 Å². The number of aromatic amines is 1. The highest BCUT2D eigenvalue weighted by atomic mass is 32.2. The standard InChI is InChI=1S/C17H21N7O3S/c1-10-4-19-8-15(10)24(28(2,26)27)16-13(17(18)25)7-22-23-9-11(3-14(16)23)12-5-20-21-6-12/h3,5-7,9-10,15,19H,4,8H2,1-2H3,(H2,18,25)(H,20,21)/t10-,15+/m0/s1. The zero-order valence-corrected chi connectivity index (χ0v) is 16.3. The fourth-order valence-electron chi connectivity index (χ4n) is 3.71. The molecular formula is C17H21N7O3S. The van der Waals surface area contributed by atoms with Crippen molar-refractivity contribution in [2.24, 2.45) is 11.7 Å². The molecule has 4 N–H and O–H groups in total. The summed E-state index contributed by atoms with van der Waals surface area (Å²) >= 11 is 0. The highest BCUT2D eigenvalue weighted by Gasteiger charge is 2.37. The molecule has 4 rings (SSSR count). The number of amides is 1. The lowest BCUT2D eigenvalue weighted by Crippen LogP contribution is -2.45. The Morgan fingerprint density at radius 3 is 2.68 bits per heavy atom. The van der Waals surface area contributed by atoms with Crippen LogP contribution in [0.5, 0.6) is 0 Å². The van der Waals surface area contributed by atoms with Gasteiger partial charge in [0.2, 0.25) is 10.0 Å². The third-order valence-electron chi connectivity index (χ3n) is 5.06. The maximum atomic E-state index is 12.8. The smallest absolute Gasteiger partial charge is 0.252 e. The molecule has 10 nitrogen and oxygen atoms in total. The lowest BCUT2D eigenvalue weighted by Gasteiger charge is -2.32. The molecule has 0 unspecified atom stereocenters. The Kier molecular flexibility index (Phi) is 4.35. The van der Waals surface area contributed by atoms with Gasteiger partial charge in [-0.3, -0.25) is 14.2 Å². The summed E-state index contributed by atoms with van der Waals surface area (Å²) in [6.07, 6.45) is 7.58. The van der Waals surface area contributed by atoms with E-state index in [0.29, 0.717) is 18.6 Å². The van der Waals surface area contributed by atoms with E-state index in [1.807, 2.05) is 6.92 Å². The Bertz CT molecular complexity index is 1140. The summed E-state index contributed by atoms with van der Waals surface area (Å²) in [6.45, 7) is 3.14. The molecule has 1 amide bonds. The van der Waals surface area contributed by atoms with Gasteiger partial charge in [-0.05, 0) is 18.5 Å². The molecule has 0 aromatic carbocycles. The van der Waals surface area contributed by atoms with Crippen LogP contribution in [0.3, 0.4) is 0 Å². The normalized spacial score (nSPS) is 19.9. The lowest BCUT2D eigenvalue weighted by molar-refractivity contribution is 0.100. The zero-order valence-electron chi connectivity index (χ0n) is 15.5. The molecule has 1 fully saturated rings. The first-order valence-electron chi connectivity index (χ1n) is 8.78. The number of hydrogen-bond acceptors (Lipinski definition) is 6. The van der Waals surface area contributed by atoms with Gasteiger partial charge in [0, 0.05) is 30.1 Å². The minimum absolute atomic E-state index is 0.0620. The van der Waals surface area contributed by atoms with Crippen LogP contribution in [0, 0.1) is 5.92 Å². The van der Waals surface area contributed by atoms with E-state index in [1.165, 1.54) is 10.5 Å². The number of sulfonamides is 1. The number of carbonyl (C=O) groups is 1. The third kappa shape index (κ3) is 3.02. The number of aromatic nitrogens is 4. The maximum Gasteiger partial charge on any atom is 0.252 e. The van der Waals surface area contributed by atoms with Crippen LogP contribution in [-0.4, -0.2) is 59.5 Å². The van der Waals surface area contributed by atoms with E-state index >= 15 is 0 Å². The Balaban J connectivity index is 2.01. The van der Waals surface area contributed by atoms with Crippen LogP contribution in [0.4, 0.5) is 5.69 Å². The van der Waals surface area contributed by atoms with Crippen molar-refractivity contribution in [1.82, 2.24) is 25.1 Å². The molecule has 28 heavy (non-hydrogen) atoms. The molecule has 3 aromatic rings. The number of hydrogen-bond donors (Lipinski definition) is 3. The van der Waals surface area contributed by atoms with Crippen LogP contribution in [-0.2, 0) is 10.0 Å². The van der Waals surface area contributed by atoms with Gasteiger partial charge in [0.15, 0.2) is 0 Å². The first kappa shape index (κ1) is 18.4. The average molecular weight is 403 g/mol. The second kappa shape index (κ2) is 6.60. The van der Waals surface area contributed by atoms with Gasteiger partial charge in [-0.15, -0.1) is 0 Å². The molecule has 0 saturated carbocycles. The SMILES string of the molecule is C[C@H]1CNC[C@H]1N(c1c(C(N)=O)cnn2cc(-c3cn[nH]c3)cc12)S(C)(=O)=O. The second-order valence-electron chi connectivity index (χ2n) is 7.08. The largest absolute Gasteiger partial charge is 0.365 e. The Morgan fingerprint density at radius 2 is 2.11 bits per heavy atom. The van der Waals surface area contributed by atoms with Crippen molar-refractivity contribution >= 4 is 27.1 Å². The average Bonchev–Trinajstić information content (AvgIpc) is 3.34. The Labute approximate surface area is 161 Å². The van der Waals surface area contributed by atoms with E-state index < -0.39 is 15.9 Å². The van der Waals surface area contributed by atoms with Crippen LogP contribution in [0.15, 0.2) is 30.9 Å². The van der Waals surface area contributed by atoms with Gasteiger partial charge in [0.1, 0.15) is 0 Å². The van der Waals surface area contributed by atoms with Crippen LogP contribution >= 0.6 is 0 Å². The molecule has 0 aliphatic carbocycles. The fraction of sp³-hybridized carbons (Fsp3) is 0.353. The van der Waals surface area contributed by atoms with Gasteiger partial charge in [0.05, 0.1) is 41.5 Å². The first-order chi connectivity index (χ1) is 13.3. The number of rotatable bonds is 5. The molecule has 1 aliphatic heterocycles. The van der Waals surface area contributed by atoms with Gasteiger partial charge in [-0.2, -0.15) is 10.2 Å². The number of anilines is 1. The number of nitrogens with one attached hydrogen (secondary N) is 2. The number of H-pyrrole nitrogens is 1. The molecule has 0 spiro atoms. The Hall–Kier alpha value is -2.92. The molecule has 11 heteroatoms. The highest BCUT2D eigenvalue weighted by molar-refractivity contribution is 7.92. The topological polar surface area (TPSA) is 138 Å². The maximum absolute atomic E-state index is 12.8. The van der Waals surface area contributed by atoms with Gasteiger partial charge in [0.25, 0.3) is 5.91 Å². The number of carbonyl (C=O) groups excluding carboxylic acids is 1. The molecule has 1 saturated heterocycles. The quantitative estimate of drug-likeness (QED) is 0.556. The molecule has 1 aliphatic rings. The summed E-state index contributed by atoms with van der Waals surface area (Å²) in [6, 6.07) is 1.44. The zero-order chi connectivity index (χ0) is 20.1. The summed E-state index contributed by atoms with van der Waals surface area (Å²) in [7, 11) is -3.70. The van der Waals surface area contributed by atoms with Gasteiger partial charge in [-0.25, -0.2) is 12.9 Å². The van der Waals surface area contributed by atoms with E-state index in [4.69, 9.17) is 5.73 Å². The fourth-order valence-corrected chi connectivity index (χ4v) is 5.01. The van der Waals surface area contributed by atoms with Crippen LogP contribution in [0.1, 0.15) is 17.3 Å². The third-order valence-corrected chi connectivity index (χ3v) is 6.23. The van der Waals surface area contributed by atoms with Crippen molar-refractivity contribution in [3.63, 3.8) is 0 Å². The van der Waals surface area contributed by atoms with Crippen LogP contribution in [0.25, 0.3) is 16.6 Å². The van der Waals surface area contributed by atoms with Crippen LogP contribution < -0.4 is 15.4 Å². The number of nitrogens with two attached hydrogens (primary N) is 1. The number of fused-ring (bicyclic) bond motifs is 1. The molecule has 148 valence electrons. The molecule has 0 radical (unpaired) electrons. The minimum Gasteiger partial charge on any atom is -0.365 e. The first-order valence-corrected chi connectivity index (χ1v) is 10.6. The van der Waals surface area contributed by atoms with E-state index in [1.54, 1.807) is 29.2 Å². The summed E-state index contributed by atoms with van der Waals surface area (Å²) in [5.74, 6) is -0.671. The highest BCUT2D eigenvalue weighted by Crippen LogP contribution is 2.35. The molecule has 2 atom stereocenters. The summed E-state index contributed by atoms with van der Waals surface area (Å²) < 4.78 is 28.5. The monoisotopic (exact) mass is 403 g/mol. The molecule has 3 aromatic heterocycles. The number of primary amides is 1. The summed E-state index contributed by atoms with van der Waals surface area (Å²) in [5, 5.41) is 14.2. The molecular weight excluding hydrogens is 382 g/mol. The lowest BCUT2D eigenvalue weighted by atomic mass is 10.1. The van der Waals surface area contributed by atoms with Crippen LogP contribution in [0.2, 0.25) is 0 Å². The van der Waals surface area contributed by atoms with E-state index in [0.717, 1.165) is 17.4 Å². The number of nitrogens with zero attached hydrogens (tertiary/aromatic N) is 4. The molecule has 0 bridgehead atoms. The predicted octanol–water partition coefficient (Wildman–Crippen LogP) is 0.197. The minimum atomic E-state index is -3.70. The van der Waals surface area contributed by atoms with E-state index in [9.17, 15) is 13.2 Å². The van der Waals surface area contributed by atoms with Crippen molar-refractivity contribution in [1.29, 1.82) is 0 Å². The van der Waals surface area contributed by atoms with E-state index in [-0.39, 0.29) is 23.2 Å². The van der Waals surface area contributed by atoms with Crippen molar-refractivity contribution < 1.29 is 13.2 Å². The predicted molar refractivity (Wildman–Crippen MR) is 104 cm³/mol.